The predicted molar refractivity (Wildman–Crippen MR) is 71.9 cm³/mol. The maximum absolute atomic E-state index is 11.8. The lowest BCUT2D eigenvalue weighted by molar-refractivity contribution is 0.0879. The minimum Gasteiger partial charge on any atom is -0.396 e. The summed E-state index contributed by atoms with van der Waals surface area (Å²) < 4.78 is 6.05. The van der Waals surface area contributed by atoms with Gasteiger partial charge in [0.05, 0.1) is 21.1 Å². The number of methoxy groups -OCH3 is 1. The number of nitrogens with one attached hydrogen (secondary N) is 1. The first-order valence-corrected chi connectivity index (χ1v) is 6.78. The van der Waals surface area contributed by atoms with Crippen molar-refractivity contribution in [3.8, 4) is 0 Å². The fourth-order valence-electron chi connectivity index (χ4n) is 1.25. The lowest BCUT2D eigenvalue weighted by Crippen LogP contribution is -2.38. The predicted octanol–water partition coefficient (Wildman–Crippen LogP) is 1.48. The van der Waals surface area contributed by atoms with Crippen LogP contribution >= 0.6 is 33.9 Å². The number of halogens is 1. The van der Waals surface area contributed by atoms with Crippen molar-refractivity contribution in [1.29, 1.82) is 0 Å². The maximum Gasteiger partial charge on any atom is 0.252 e. The highest BCUT2D eigenvalue weighted by Crippen LogP contribution is 2.16. The second-order valence-electron chi connectivity index (χ2n) is 3.28. The van der Waals surface area contributed by atoms with Crippen LogP contribution in [0.15, 0.2) is 11.4 Å². The summed E-state index contributed by atoms with van der Waals surface area (Å²) in [5, 5.41) is 13.5. The zero-order valence-corrected chi connectivity index (χ0v) is 11.9. The van der Waals surface area contributed by atoms with Gasteiger partial charge in [-0.15, -0.1) is 11.3 Å². The van der Waals surface area contributed by atoms with Crippen LogP contribution in [0.1, 0.15) is 16.8 Å². The Morgan fingerprint density at radius 3 is 3.00 bits per heavy atom. The number of aliphatic hydroxyl groups is 1. The van der Waals surface area contributed by atoms with E-state index in [1.807, 2.05) is 11.4 Å². The molecule has 0 spiro atoms. The Bertz CT molecular complexity index is 337. The minimum atomic E-state index is -0.139. The third kappa shape index (κ3) is 4.36. The lowest BCUT2D eigenvalue weighted by Gasteiger charge is -2.16. The van der Waals surface area contributed by atoms with E-state index in [9.17, 15) is 4.79 Å². The standard InChI is InChI=1S/C10H14INO3S/c1-15-5-8(2-3-13)12-10(14)7-4-9(11)16-6-7/h4,6,8,13H,2-3,5H2,1H3,(H,12,14). The van der Waals surface area contributed by atoms with E-state index < -0.39 is 0 Å². The largest absolute Gasteiger partial charge is 0.396 e. The van der Waals surface area contributed by atoms with Gasteiger partial charge in [0.1, 0.15) is 0 Å². The second-order valence-corrected chi connectivity index (χ2v) is 6.08. The molecule has 0 aliphatic rings. The summed E-state index contributed by atoms with van der Waals surface area (Å²) in [6.45, 7) is 0.447. The molecule has 2 N–H and O–H groups in total. The van der Waals surface area contributed by atoms with Crippen LogP contribution in [0.25, 0.3) is 0 Å². The third-order valence-corrected chi connectivity index (χ3v) is 3.80. The van der Waals surface area contributed by atoms with Gasteiger partial charge in [-0.1, -0.05) is 0 Å². The van der Waals surface area contributed by atoms with Gasteiger partial charge < -0.3 is 15.2 Å². The molecular weight excluding hydrogens is 341 g/mol. The van der Waals surface area contributed by atoms with Gasteiger partial charge in [0.25, 0.3) is 5.91 Å². The fourth-order valence-corrected chi connectivity index (χ4v) is 2.58. The molecule has 1 heterocycles. The molecule has 1 atom stereocenters. The second kappa shape index (κ2) is 7.21. The van der Waals surface area contributed by atoms with Crippen molar-refractivity contribution in [3.63, 3.8) is 0 Å². The summed E-state index contributed by atoms with van der Waals surface area (Å²) in [4.78, 5) is 11.8. The van der Waals surface area contributed by atoms with Gasteiger partial charge in [-0.2, -0.15) is 0 Å². The highest BCUT2D eigenvalue weighted by molar-refractivity contribution is 14.1. The number of thiophene rings is 1. The molecule has 0 saturated carbocycles. The summed E-state index contributed by atoms with van der Waals surface area (Å²) in [5.41, 5.74) is 0.661. The van der Waals surface area contributed by atoms with E-state index in [0.717, 1.165) is 2.88 Å². The number of hydrogen-bond donors (Lipinski definition) is 2. The normalized spacial score (nSPS) is 12.4. The number of ether oxygens (including phenoxy) is 1. The van der Waals surface area contributed by atoms with Crippen molar-refractivity contribution in [1.82, 2.24) is 5.32 Å². The summed E-state index contributed by atoms with van der Waals surface area (Å²) in [7, 11) is 1.57. The van der Waals surface area contributed by atoms with E-state index in [2.05, 4.69) is 27.9 Å². The molecule has 0 radical (unpaired) electrons. The highest BCUT2D eigenvalue weighted by atomic mass is 127. The number of rotatable bonds is 6. The molecule has 0 fully saturated rings. The van der Waals surface area contributed by atoms with Gasteiger partial charge in [0.2, 0.25) is 0 Å². The molecule has 0 aliphatic heterocycles. The molecule has 6 heteroatoms. The Balaban J connectivity index is 2.54. The van der Waals surface area contributed by atoms with Gasteiger partial charge in [-0.05, 0) is 35.1 Å². The van der Waals surface area contributed by atoms with Crippen molar-refractivity contribution >= 4 is 39.8 Å². The van der Waals surface area contributed by atoms with Crippen LogP contribution in [0.2, 0.25) is 0 Å². The smallest absolute Gasteiger partial charge is 0.252 e. The molecule has 1 amide bonds. The first-order valence-electron chi connectivity index (χ1n) is 4.82. The van der Waals surface area contributed by atoms with Crippen LogP contribution < -0.4 is 5.32 Å². The molecule has 1 aromatic rings. The Labute approximate surface area is 112 Å². The molecule has 1 rings (SSSR count). The number of hydrogen-bond acceptors (Lipinski definition) is 4. The van der Waals surface area contributed by atoms with E-state index >= 15 is 0 Å². The van der Waals surface area contributed by atoms with Crippen LogP contribution in [-0.4, -0.2) is 37.4 Å². The highest BCUT2D eigenvalue weighted by Gasteiger charge is 2.14. The average Bonchev–Trinajstić information content (AvgIpc) is 2.65. The molecule has 90 valence electrons. The van der Waals surface area contributed by atoms with Gasteiger partial charge in [-0.25, -0.2) is 0 Å². The van der Waals surface area contributed by atoms with Crippen molar-refractivity contribution in [2.24, 2.45) is 0 Å². The Kier molecular flexibility index (Phi) is 6.25. The first kappa shape index (κ1) is 13.9. The van der Waals surface area contributed by atoms with E-state index in [-0.39, 0.29) is 18.6 Å². The molecule has 4 nitrogen and oxygen atoms in total. The zero-order valence-electron chi connectivity index (χ0n) is 8.90. The van der Waals surface area contributed by atoms with Crippen LogP contribution in [0, 0.1) is 2.88 Å². The van der Waals surface area contributed by atoms with Crippen LogP contribution in [0.5, 0.6) is 0 Å². The van der Waals surface area contributed by atoms with Gasteiger partial charge in [0.15, 0.2) is 0 Å². The number of aliphatic hydroxyl groups excluding tert-OH is 1. The first-order chi connectivity index (χ1) is 7.67. The van der Waals surface area contributed by atoms with Gasteiger partial charge in [-0.3, -0.25) is 4.79 Å². The monoisotopic (exact) mass is 355 g/mol. The summed E-state index contributed by atoms with van der Waals surface area (Å²) in [6, 6.07) is 1.70. The average molecular weight is 355 g/mol. The maximum atomic E-state index is 11.8. The minimum absolute atomic E-state index is 0.0372. The topological polar surface area (TPSA) is 58.6 Å². The molecule has 0 aromatic carbocycles. The van der Waals surface area contributed by atoms with Crippen LogP contribution in [0.3, 0.4) is 0 Å². The molecule has 16 heavy (non-hydrogen) atoms. The summed E-state index contributed by atoms with van der Waals surface area (Å²) in [5.74, 6) is -0.116. The summed E-state index contributed by atoms with van der Waals surface area (Å²) >= 11 is 3.71. The van der Waals surface area contributed by atoms with Crippen molar-refractivity contribution in [2.75, 3.05) is 20.3 Å². The molecule has 0 aliphatic carbocycles. The van der Waals surface area contributed by atoms with Crippen molar-refractivity contribution in [3.05, 3.63) is 19.9 Å². The van der Waals surface area contributed by atoms with Gasteiger partial charge >= 0.3 is 0 Å². The third-order valence-electron chi connectivity index (χ3n) is 2.01. The molecule has 1 aromatic heterocycles. The number of carbonyl (C=O) groups is 1. The molecule has 0 bridgehead atoms. The zero-order chi connectivity index (χ0) is 12.0. The Hall–Kier alpha value is -0.180. The number of carbonyl (C=O) groups excluding carboxylic acids is 1. The number of amides is 1. The van der Waals surface area contributed by atoms with Gasteiger partial charge in [0, 0.05) is 19.1 Å². The lowest BCUT2D eigenvalue weighted by atomic mass is 10.2. The quantitative estimate of drug-likeness (QED) is 0.760. The van der Waals surface area contributed by atoms with E-state index in [1.165, 1.54) is 11.3 Å². The van der Waals surface area contributed by atoms with Crippen molar-refractivity contribution in [2.45, 2.75) is 12.5 Å². The molecule has 1 unspecified atom stereocenters. The van der Waals surface area contributed by atoms with E-state index in [4.69, 9.17) is 9.84 Å². The van der Waals surface area contributed by atoms with Crippen LogP contribution in [0.4, 0.5) is 0 Å². The van der Waals surface area contributed by atoms with Crippen LogP contribution in [-0.2, 0) is 4.74 Å². The van der Waals surface area contributed by atoms with E-state index in [1.54, 1.807) is 7.11 Å². The molecule has 0 saturated heterocycles. The molecular formula is C10H14INO3S. The SMILES string of the molecule is COCC(CCO)NC(=O)c1csc(I)c1. The fraction of sp³-hybridized carbons (Fsp3) is 0.500. The van der Waals surface area contributed by atoms with Crippen molar-refractivity contribution < 1.29 is 14.6 Å². The Morgan fingerprint density at radius 2 is 2.50 bits per heavy atom. The Morgan fingerprint density at radius 1 is 1.75 bits per heavy atom. The van der Waals surface area contributed by atoms with E-state index in [0.29, 0.717) is 18.6 Å². The summed E-state index contributed by atoms with van der Waals surface area (Å²) in [6.07, 6.45) is 0.501.